The first-order valence-corrected chi connectivity index (χ1v) is 7.83. The van der Waals surface area contributed by atoms with Crippen molar-refractivity contribution in [3.63, 3.8) is 0 Å². The quantitative estimate of drug-likeness (QED) is 0.814. The fourth-order valence-electron chi connectivity index (χ4n) is 2.83. The van der Waals surface area contributed by atoms with Gasteiger partial charge in [0.15, 0.2) is 0 Å². The molecule has 2 nitrogen and oxygen atoms in total. The molecule has 1 aliphatic rings. The van der Waals surface area contributed by atoms with Gasteiger partial charge in [0.2, 0.25) is 0 Å². The zero-order chi connectivity index (χ0) is 12.1. The highest BCUT2D eigenvalue weighted by molar-refractivity contribution is 7.09. The Labute approximate surface area is 109 Å². The molecule has 3 atom stereocenters. The van der Waals surface area contributed by atoms with E-state index in [4.69, 9.17) is 0 Å². The van der Waals surface area contributed by atoms with Crippen molar-refractivity contribution in [2.24, 2.45) is 5.92 Å². The summed E-state index contributed by atoms with van der Waals surface area (Å²) in [6.07, 6.45) is 10.2. The van der Waals surface area contributed by atoms with Crippen LogP contribution in [0.1, 0.15) is 63.4 Å². The van der Waals surface area contributed by atoms with Gasteiger partial charge in [-0.1, -0.05) is 26.2 Å². The van der Waals surface area contributed by atoms with Gasteiger partial charge in [0.1, 0.15) is 5.01 Å². The minimum atomic E-state index is 0.415. The van der Waals surface area contributed by atoms with E-state index < -0.39 is 0 Å². The second-order valence-corrected chi connectivity index (χ2v) is 6.16. The third kappa shape index (κ3) is 3.78. The fourth-order valence-corrected chi connectivity index (χ4v) is 3.48. The van der Waals surface area contributed by atoms with Crippen molar-refractivity contribution >= 4 is 11.3 Å². The second kappa shape index (κ2) is 6.50. The molecule has 3 unspecified atom stereocenters. The van der Waals surface area contributed by atoms with E-state index in [9.17, 15) is 0 Å². The Bertz CT molecular complexity index is 310. The van der Waals surface area contributed by atoms with Crippen molar-refractivity contribution in [1.29, 1.82) is 0 Å². The Kier molecular flexibility index (Phi) is 4.99. The molecule has 0 aliphatic heterocycles. The highest BCUT2D eigenvalue weighted by Crippen LogP contribution is 2.27. The van der Waals surface area contributed by atoms with Crippen LogP contribution in [0.5, 0.6) is 0 Å². The maximum absolute atomic E-state index is 4.39. The van der Waals surface area contributed by atoms with Crippen LogP contribution in [0.15, 0.2) is 11.6 Å². The lowest BCUT2D eigenvalue weighted by Crippen LogP contribution is -2.31. The van der Waals surface area contributed by atoms with E-state index in [1.54, 1.807) is 11.3 Å². The molecule has 0 saturated heterocycles. The summed E-state index contributed by atoms with van der Waals surface area (Å²) < 4.78 is 0. The highest BCUT2D eigenvalue weighted by Gasteiger charge is 2.20. The van der Waals surface area contributed by atoms with E-state index in [1.165, 1.54) is 43.5 Å². The van der Waals surface area contributed by atoms with Gasteiger partial charge >= 0.3 is 0 Å². The zero-order valence-corrected chi connectivity index (χ0v) is 11.8. The molecular formula is C14H24N2S. The van der Waals surface area contributed by atoms with Crippen molar-refractivity contribution < 1.29 is 0 Å². The molecular weight excluding hydrogens is 228 g/mol. The minimum Gasteiger partial charge on any atom is -0.305 e. The Balaban J connectivity index is 1.82. The lowest BCUT2D eigenvalue weighted by Gasteiger charge is -2.20. The molecule has 1 aromatic heterocycles. The van der Waals surface area contributed by atoms with Crippen LogP contribution < -0.4 is 5.32 Å². The van der Waals surface area contributed by atoms with Crippen molar-refractivity contribution in [3.05, 3.63) is 16.6 Å². The molecule has 0 spiro atoms. The zero-order valence-electron chi connectivity index (χ0n) is 11.0. The summed E-state index contributed by atoms with van der Waals surface area (Å²) in [6, 6.07) is 1.11. The first-order chi connectivity index (χ1) is 8.29. The smallest absolute Gasteiger partial charge is 0.109 e. The average Bonchev–Trinajstić information content (AvgIpc) is 2.78. The summed E-state index contributed by atoms with van der Waals surface area (Å²) in [6.45, 7) is 4.57. The molecule has 1 saturated carbocycles. The summed E-state index contributed by atoms with van der Waals surface area (Å²) >= 11 is 1.76. The van der Waals surface area contributed by atoms with E-state index in [0.29, 0.717) is 12.1 Å². The first-order valence-electron chi connectivity index (χ1n) is 6.95. The third-order valence-electron chi connectivity index (χ3n) is 3.97. The monoisotopic (exact) mass is 252 g/mol. The third-order valence-corrected chi connectivity index (χ3v) is 4.93. The lowest BCUT2D eigenvalue weighted by atomic mass is 9.98. The van der Waals surface area contributed by atoms with Gasteiger partial charge < -0.3 is 5.32 Å². The largest absolute Gasteiger partial charge is 0.305 e. The number of hydrogen-bond donors (Lipinski definition) is 1. The van der Waals surface area contributed by atoms with E-state index in [1.807, 2.05) is 6.20 Å². The number of hydrogen-bond acceptors (Lipinski definition) is 3. The molecule has 17 heavy (non-hydrogen) atoms. The molecule has 3 heteroatoms. The second-order valence-electron chi connectivity index (χ2n) is 5.24. The molecule has 1 fully saturated rings. The van der Waals surface area contributed by atoms with Gasteiger partial charge in [-0.25, -0.2) is 4.98 Å². The van der Waals surface area contributed by atoms with E-state index in [0.717, 1.165) is 5.92 Å². The topological polar surface area (TPSA) is 24.9 Å². The van der Waals surface area contributed by atoms with Gasteiger partial charge in [-0.2, -0.15) is 0 Å². The van der Waals surface area contributed by atoms with Crippen molar-refractivity contribution in [2.75, 3.05) is 0 Å². The predicted molar refractivity (Wildman–Crippen MR) is 74.3 cm³/mol. The van der Waals surface area contributed by atoms with Crippen LogP contribution in [0.2, 0.25) is 0 Å². The number of thiazole rings is 1. The maximum Gasteiger partial charge on any atom is 0.109 e. The Hall–Kier alpha value is -0.410. The van der Waals surface area contributed by atoms with Gasteiger partial charge in [0.25, 0.3) is 0 Å². The normalized spacial score (nSPS) is 27.6. The molecule has 0 amide bonds. The SMILES string of the molecule is CCC1CCCC(NC(C)c2nccs2)CC1. The molecule has 1 heterocycles. The number of rotatable bonds is 4. The first kappa shape index (κ1) is 13.0. The van der Waals surface area contributed by atoms with E-state index in [2.05, 4.69) is 29.5 Å². The molecule has 1 aliphatic carbocycles. The van der Waals surface area contributed by atoms with Gasteiger partial charge in [-0.3, -0.25) is 0 Å². The Morgan fingerprint density at radius 1 is 1.41 bits per heavy atom. The fraction of sp³-hybridized carbons (Fsp3) is 0.786. The van der Waals surface area contributed by atoms with Gasteiger partial charge in [0, 0.05) is 17.6 Å². The molecule has 0 radical (unpaired) electrons. The maximum atomic E-state index is 4.39. The van der Waals surface area contributed by atoms with Crippen LogP contribution in [-0.2, 0) is 0 Å². The Morgan fingerprint density at radius 2 is 2.29 bits per heavy atom. The standard InChI is InChI=1S/C14H24N2S/c1-3-12-5-4-6-13(8-7-12)16-11(2)14-15-9-10-17-14/h9-13,16H,3-8H2,1-2H3. The number of nitrogens with one attached hydrogen (secondary N) is 1. The summed E-state index contributed by atoms with van der Waals surface area (Å²) in [5, 5.41) is 7.04. The van der Waals surface area contributed by atoms with Crippen molar-refractivity contribution in [3.8, 4) is 0 Å². The molecule has 0 bridgehead atoms. The van der Waals surface area contributed by atoms with Crippen LogP contribution >= 0.6 is 11.3 Å². The Morgan fingerprint density at radius 3 is 3.00 bits per heavy atom. The molecule has 2 rings (SSSR count). The summed E-state index contributed by atoms with van der Waals surface area (Å²) in [5.74, 6) is 0.969. The molecule has 0 aromatic carbocycles. The summed E-state index contributed by atoms with van der Waals surface area (Å²) in [7, 11) is 0. The number of aromatic nitrogens is 1. The van der Waals surface area contributed by atoms with Crippen LogP contribution in [0.3, 0.4) is 0 Å². The van der Waals surface area contributed by atoms with E-state index >= 15 is 0 Å². The van der Waals surface area contributed by atoms with Crippen molar-refractivity contribution in [2.45, 2.75) is 64.5 Å². The summed E-state index contributed by atoms with van der Waals surface area (Å²) in [5.41, 5.74) is 0. The molecule has 96 valence electrons. The number of nitrogens with zero attached hydrogens (tertiary/aromatic N) is 1. The average molecular weight is 252 g/mol. The van der Waals surface area contributed by atoms with E-state index in [-0.39, 0.29) is 0 Å². The lowest BCUT2D eigenvalue weighted by molar-refractivity contribution is 0.399. The van der Waals surface area contributed by atoms with Gasteiger partial charge in [0.05, 0.1) is 6.04 Å². The predicted octanol–water partition coefficient (Wildman–Crippen LogP) is 4.15. The highest BCUT2D eigenvalue weighted by atomic mass is 32.1. The van der Waals surface area contributed by atoms with Crippen LogP contribution in [0, 0.1) is 5.92 Å². The molecule has 1 aromatic rings. The summed E-state index contributed by atoms with van der Waals surface area (Å²) in [4.78, 5) is 4.39. The van der Waals surface area contributed by atoms with Crippen LogP contribution in [0.4, 0.5) is 0 Å². The van der Waals surface area contributed by atoms with Crippen LogP contribution in [-0.4, -0.2) is 11.0 Å². The molecule has 1 N–H and O–H groups in total. The van der Waals surface area contributed by atoms with Crippen molar-refractivity contribution in [1.82, 2.24) is 10.3 Å². The van der Waals surface area contributed by atoms with Crippen LogP contribution in [0.25, 0.3) is 0 Å². The van der Waals surface area contributed by atoms with Gasteiger partial charge in [-0.15, -0.1) is 11.3 Å². The van der Waals surface area contributed by atoms with Gasteiger partial charge in [-0.05, 0) is 32.1 Å². The minimum absolute atomic E-state index is 0.415.